The Bertz CT molecular complexity index is 591. The number of nitrogens with two attached hydrogens (primary N) is 1. The summed E-state index contributed by atoms with van der Waals surface area (Å²) in [6.45, 7) is 10.8. The number of phosphoric ester groups is 1. The lowest BCUT2D eigenvalue weighted by Gasteiger charge is -2.06. The Morgan fingerprint density at radius 1 is 1.21 bits per heavy atom. The molecule has 0 amide bonds. The van der Waals surface area contributed by atoms with Crippen molar-refractivity contribution in [2.75, 3.05) is 19.4 Å². The Morgan fingerprint density at radius 2 is 1.79 bits per heavy atom. The van der Waals surface area contributed by atoms with Crippen LogP contribution in [0, 0.1) is 0 Å². The number of esters is 1. The van der Waals surface area contributed by atoms with Crippen LogP contribution in [0.3, 0.4) is 0 Å². The van der Waals surface area contributed by atoms with E-state index in [9.17, 15) is 13.9 Å². The maximum absolute atomic E-state index is 11.6. The fourth-order valence-corrected chi connectivity index (χ4v) is 2.34. The number of hydrogen-bond donors (Lipinski definition) is 2. The number of hydrogen-bond acceptors (Lipinski definition) is 7. The van der Waals surface area contributed by atoms with Gasteiger partial charge in [0.05, 0.1) is 6.61 Å². The highest BCUT2D eigenvalue weighted by Gasteiger charge is 2.21. The second-order valence-electron chi connectivity index (χ2n) is 3.99. The quantitative estimate of drug-likeness (QED) is 0.116. The van der Waals surface area contributed by atoms with Crippen molar-refractivity contribution < 1.29 is 32.8 Å². The Morgan fingerprint density at radius 3 is 2.25 bits per heavy atom. The molecule has 0 aromatic carbocycles. The largest absolute Gasteiger partial charge is 0.503 e. The summed E-state index contributed by atoms with van der Waals surface area (Å²) >= 11 is 1.25. The molecule has 0 radical (unpaired) electrons. The number of carbonyl (C=O) groups is 1. The number of allylic oxidation sites excluding steroid dienone is 6. The smallest absolute Gasteiger partial charge is 0.423 e. The first kappa shape index (κ1) is 31.2. The monoisotopic (exact) mass is 439 g/mol. The van der Waals surface area contributed by atoms with E-state index in [0.29, 0.717) is 17.1 Å². The van der Waals surface area contributed by atoms with Crippen LogP contribution in [-0.2, 0) is 23.3 Å². The van der Waals surface area contributed by atoms with Crippen molar-refractivity contribution in [1.82, 2.24) is 0 Å². The standard InChI is InChI=1S/C15H20FO6PS.C2H6.CH5N/c1-4-7-13(14(8-5-2)21-15(17)6-3)9-11-24-12-10-20-23(18,19)22-16;2*1-2/h4-9,11H,3,10,12H2,1-2H3,(H,18,19);1-2H3;2H2,1H3/b7-4-,8-5-,11-9+,14-13-;;. The van der Waals surface area contributed by atoms with Crippen LogP contribution in [0.1, 0.15) is 27.7 Å². The molecule has 0 rings (SSSR count). The zero-order chi connectivity index (χ0) is 22.4. The number of carbonyl (C=O) groups excluding carboxylic acids is 1. The van der Waals surface area contributed by atoms with Gasteiger partial charge >= 0.3 is 13.8 Å². The summed E-state index contributed by atoms with van der Waals surface area (Å²) in [4.78, 5) is 20.1. The number of halogens is 1. The first-order chi connectivity index (χ1) is 13.4. The lowest BCUT2D eigenvalue weighted by molar-refractivity contribution is -0.133. The van der Waals surface area contributed by atoms with Gasteiger partial charge in [0.1, 0.15) is 5.76 Å². The molecule has 0 saturated heterocycles. The number of thioether (sulfide) groups is 1. The molecule has 1 unspecified atom stereocenters. The molecule has 0 aliphatic rings. The van der Waals surface area contributed by atoms with Gasteiger partial charge in [-0.25, -0.2) is 9.36 Å². The molecule has 28 heavy (non-hydrogen) atoms. The van der Waals surface area contributed by atoms with Gasteiger partial charge in [-0.1, -0.05) is 43.4 Å². The van der Waals surface area contributed by atoms with Crippen LogP contribution in [0.4, 0.5) is 4.53 Å². The predicted molar refractivity (Wildman–Crippen MR) is 114 cm³/mol. The minimum Gasteiger partial charge on any atom is -0.423 e. The SMILES string of the molecule is C=CC(=O)OC(/C=C\C)=C(/C=C\C)\C=C\SCCOP(=O)(O)OF.CC.CN. The number of ether oxygens (including phenoxy) is 1. The van der Waals surface area contributed by atoms with E-state index in [1.54, 1.807) is 42.7 Å². The first-order valence-corrected chi connectivity index (χ1v) is 10.9. The van der Waals surface area contributed by atoms with E-state index in [-0.39, 0.29) is 6.61 Å². The predicted octanol–water partition coefficient (Wildman–Crippen LogP) is 4.99. The van der Waals surface area contributed by atoms with Crippen molar-refractivity contribution in [3.63, 3.8) is 0 Å². The molecule has 7 nitrogen and oxygen atoms in total. The van der Waals surface area contributed by atoms with Crippen molar-refractivity contribution in [3.05, 3.63) is 59.8 Å². The third kappa shape index (κ3) is 17.9. The molecule has 0 aliphatic carbocycles. The van der Waals surface area contributed by atoms with Gasteiger partial charge in [0.25, 0.3) is 0 Å². The van der Waals surface area contributed by atoms with E-state index < -0.39 is 13.8 Å². The summed E-state index contributed by atoms with van der Waals surface area (Å²) in [6, 6.07) is 0. The molecule has 0 aromatic rings. The van der Waals surface area contributed by atoms with Crippen LogP contribution in [0.5, 0.6) is 0 Å². The molecule has 10 heteroatoms. The summed E-state index contributed by atoms with van der Waals surface area (Å²) in [5.74, 6) is 0.0580. The van der Waals surface area contributed by atoms with Gasteiger partial charge in [-0.15, -0.1) is 11.8 Å². The van der Waals surface area contributed by atoms with E-state index in [1.807, 2.05) is 20.8 Å². The van der Waals surface area contributed by atoms with Crippen LogP contribution in [0.25, 0.3) is 0 Å². The van der Waals surface area contributed by atoms with Crippen LogP contribution >= 0.6 is 19.6 Å². The lowest BCUT2D eigenvalue weighted by atomic mass is 10.2. The first-order valence-electron chi connectivity index (χ1n) is 8.37. The van der Waals surface area contributed by atoms with Crippen molar-refractivity contribution in [3.8, 4) is 0 Å². The molecule has 0 aliphatic heterocycles. The average molecular weight is 439 g/mol. The molecular formula is C18H31FNO6PS. The van der Waals surface area contributed by atoms with Crippen molar-refractivity contribution in [2.24, 2.45) is 5.73 Å². The average Bonchev–Trinajstić information content (AvgIpc) is 2.72. The van der Waals surface area contributed by atoms with E-state index in [1.165, 1.54) is 18.8 Å². The molecule has 0 bridgehead atoms. The summed E-state index contributed by atoms with van der Waals surface area (Å²) in [6.07, 6.45) is 9.64. The van der Waals surface area contributed by atoms with Crippen LogP contribution < -0.4 is 5.73 Å². The normalized spacial score (nSPS) is 13.9. The van der Waals surface area contributed by atoms with Crippen molar-refractivity contribution in [2.45, 2.75) is 27.7 Å². The number of phosphoric acid groups is 1. The second kappa shape index (κ2) is 21.8. The Hall–Kier alpha value is -1.48. The van der Waals surface area contributed by atoms with Gasteiger partial charge in [0, 0.05) is 17.4 Å². The molecule has 1 atom stereocenters. The molecule has 162 valence electrons. The molecule has 0 aromatic heterocycles. The maximum atomic E-state index is 11.6. The van der Waals surface area contributed by atoms with E-state index in [0.717, 1.165) is 6.08 Å². The summed E-state index contributed by atoms with van der Waals surface area (Å²) in [5.41, 5.74) is 5.14. The van der Waals surface area contributed by atoms with Gasteiger partial charge in [-0.05, 0) is 43.0 Å². The molecule has 0 spiro atoms. The Balaban J connectivity index is -0.00000146. The van der Waals surface area contributed by atoms with E-state index in [4.69, 9.17) is 9.63 Å². The van der Waals surface area contributed by atoms with E-state index >= 15 is 0 Å². The third-order valence-corrected chi connectivity index (χ3v) is 3.63. The summed E-state index contributed by atoms with van der Waals surface area (Å²) < 4.78 is 34.6. The molecular weight excluding hydrogens is 408 g/mol. The highest BCUT2D eigenvalue weighted by atomic mass is 32.2. The zero-order valence-corrected chi connectivity index (χ0v) is 18.7. The van der Waals surface area contributed by atoms with Gasteiger partial charge in [0.15, 0.2) is 0 Å². The summed E-state index contributed by atoms with van der Waals surface area (Å²) in [7, 11) is -3.10. The minimum absolute atomic E-state index is 0.178. The summed E-state index contributed by atoms with van der Waals surface area (Å²) in [5, 5.41) is 1.68. The lowest BCUT2D eigenvalue weighted by Crippen LogP contribution is -2.00. The van der Waals surface area contributed by atoms with Gasteiger partial charge in [-0.2, -0.15) is 0 Å². The van der Waals surface area contributed by atoms with Crippen molar-refractivity contribution in [1.29, 1.82) is 0 Å². The Kier molecular flexibility index (Phi) is 24.3. The van der Waals surface area contributed by atoms with Crippen LogP contribution in [0.15, 0.2) is 59.8 Å². The fraction of sp³-hybridized carbons (Fsp3) is 0.389. The zero-order valence-electron chi connectivity index (χ0n) is 17.0. The van der Waals surface area contributed by atoms with Crippen molar-refractivity contribution >= 4 is 25.6 Å². The highest BCUT2D eigenvalue weighted by molar-refractivity contribution is 8.02. The molecule has 3 N–H and O–H groups in total. The highest BCUT2D eigenvalue weighted by Crippen LogP contribution is 2.43. The van der Waals surface area contributed by atoms with Gasteiger partial charge in [0.2, 0.25) is 0 Å². The Labute approximate surface area is 171 Å². The topological polar surface area (TPSA) is 108 Å². The van der Waals surface area contributed by atoms with Crippen LogP contribution in [-0.4, -0.2) is 30.3 Å². The second-order valence-corrected chi connectivity index (χ2v) is 6.34. The maximum Gasteiger partial charge on any atom is 0.503 e. The van der Waals surface area contributed by atoms with Gasteiger partial charge in [-0.3, -0.25) is 4.52 Å². The molecule has 0 saturated carbocycles. The van der Waals surface area contributed by atoms with E-state index in [2.05, 4.69) is 21.6 Å². The minimum atomic E-state index is -4.60. The van der Waals surface area contributed by atoms with Crippen LogP contribution in [0.2, 0.25) is 0 Å². The molecule has 0 fully saturated rings. The fourth-order valence-electron chi connectivity index (χ4n) is 1.30. The number of rotatable bonds is 11. The third-order valence-electron chi connectivity index (χ3n) is 2.21. The van der Waals surface area contributed by atoms with Gasteiger partial charge < -0.3 is 15.4 Å². The molecule has 0 heterocycles.